The lowest BCUT2D eigenvalue weighted by molar-refractivity contribution is -0.177. The predicted octanol–water partition coefficient (Wildman–Crippen LogP) is -0.139. The van der Waals surface area contributed by atoms with Crippen LogP contribution in [0.15, 0.2) is 24.3 Å². The highest BCUT2D eigenvalue weighted by molar-refractivity contribution is 5.80. The Kier molecular flexibility index (Phi) is 6.63. The average Bonchev–Trinajstić information content (AvgIpc) is 3.43. The van der Waals surface area contributed by atoms with Crippen LogP contribution in [0.25, 0.3) is 0 Å². The molecule has 4 fully saturated rings. The molecule has 2 aliphatic heterocycles. The number of fused-ring (bicyclic) bond motifs is 3. The number of carbonyl (C=O) groups excluding carboxylic acids is 2. The molecule has 0 aromatic heterocycles. The van der Waals surface area contributed by atoms with Crippen LogP contribution in [-0.4, -0.2) is 92.9 Å². The van der Waals surface area contributed by atoms with Gasteiger partial charge in [0.2, 0.25) is 0 Å². The number of carbonyl (C=O) groups is 3. The van der Waals surface area contributed by atoms with E-state index in [1.165, 1.54) is 0 Å². The van der Waals surface area contributed by atoms with Gasteiger partial charge in [-0.15, -0.1) is 0 Å². The number of ether oxygens (including phenoxy) is 2. The SMILES string of the molecule is C=C1[C@@H]2[C@H]3OC(=O)[C@@H](CN4CCC[C@H]4C(=O)O)[C@@H]3[C@@H](OC(=O)[C@](C)(O)CO)CC(=C)[C@@H]2C[C@@H]1O. The standard InChI is InChI=1S/C24H33NO9/c1-11-7-17(33-23(31)24(3,32)10-26)19-14(9-25-6-4-5-15(25)21(28)29)22(30)34-20(19)18-12(2)16(27)8-13(11)18/h13-20,26-27,32H,1-2,4-10H2,3H3,(H,28,29)/t13-,14-,15-,16-,17-,18-,19+,20+,24+/m0/s1. The van der Waals surface area contributed by atoms with Crippen molar-refractivity contribution in [2.45, 2.75) is 62.6 Å². The largest absolute Gasteiger partial charge is 0.480 e. The van der Waals surface area contributed by atoms with Crippen LogP contribution in [0.2, 0.25) is 0 Å². The van der Waals surface area contributed by atoms with Gasteiger partial charge >= 0.3 is 17.9 Å². The number of likely N-dealkylation sites (tertiary alicyclic amines) is 1. The number of carboxylic acids is 1. The number of rotatable bonds is 6. The molecule has 188 valence electrons. The van der Waals surface area contributed by atoms with E-state index in [0.29, 0.717) is 31.4 Å². The lowest BCUT2D eigenvalue weighted by Crippen LogP contribution is -2.48. The molecule has 0 radical (unpaired) electrons. The molecule has 2 heterocycles. The van der Waals surface area contributed by atoms with Gasteiger partial charge in [-0.05, 0) is 44.2 Å². The Bertz CT molecular complexity index is 899. The summed E-state index contributed by atoms with van der Waals surface area (Å²) in [6, 6.07) is -0.709. The molecule has 4 rings (SSSR count). The number of aliphatic hydroxyl groups excluding tert-OH is 2. The van der Waals surface area contributed by atoms with Gasteiger partial charge in [-0.25, -0.2) is 4.79 Å². The van der Waals surface area contributed by atoms with Crippen LogP contribution in [0.1, 0.15) is 32.6 Å². The number of aliphatic carboxylic acids is 1. The Labute approximate surface area is 197 Å². The summed E-state index contributed by atoms with van der Waals surface area (Å²) in [5.74, 6) is -4.56. The van der Waals surface area contributed by atoms with Crippen molar-refractivity contribution in [1.82, 2.24) is 4.90 Å². The molecule has 2 saturated heterocycles. The molecule has 4 aliphatic rings. The third-order valence-corrected chi connectivity index (χ3v) is 8.02. The van der Waals surface area contributed by atoms with Gasteiger partial charge in [0.1, 0.15) is 18.2 Å². The fourth-order valence-electron chi connectivity index (χ4n) is 6.12. The zero-order chi connectivity index (χ0) is 24.9. The van der Waals surface area contributed by atoms with E-state index in [9.17, 15) is 34.8 Å². The maximum atomic E-state index is 13.1. The van der Waals surface area contributed by atoms with Crippen LogP contribution in [0.4, 0.5) is 0 Å². The molecule has 4 N–H and O–H groups in total. The molecule has 10 heteroatoms. The van der Waals surface area contributed by atoms with Crippen molar-refractivity contribution in [3.8, 4) is 0 Å². The first-order chi connectivity index (χ1) is 16.0. The van der Waals surface area contributed by atoms with E-state index in [2.05, 4.69) is 13.2 Å². The minimum absolute atomic E-state index is 0.125. The van der Waals surface area contributed by atoms with Gasteiger partial charge < -0.3 is 29.9 Å². The zero-order valence-electron chi connectivity index (χ0n) is 19.3. The minimum Gasteiger partial charge on any atom is -0.480 e. The maximum Gasteiger partial charge on any atom is 0.340 e. The van der Waals surface area contributed by atoms with Gasteiger partial charge in [0, 0.05) is 24.8 Å². The third-order valence-electron chi connectivity index (χ3n) is 8.02. The first kappa shape index (κ1) is 24.8. The predicted molar refractivity (Wildman–Crippen MR) is 117 cm³/mol. The van der Waals surface area contributed by atoms with Crippen molar-refractivity contribution in [3.63, 3.8) is 0 Å². The molecule has 10 nitrogen and oxygen atoms in total. The van der Waals surface area contributed by atoms with E-state index in [1.54, 1.807) is 4.90 Å². The Morgan fingerprint density at radius 3 is 2.68 bits per heavy atom. The number of aliphatic hydroxyl groups is 3. The Morgan fingerprint density at radius 1 is 1.32 bits per heavy atom. The van der Waals surface area contributed by atoms with Crippen molar-refractivity contribution in [2.24, 2.45) is 23.7 Å². The van der Waals surface area contributed by atoms with Crippen LogP contribution in [0, 0.1) is 23.7 Å². The van der Waals surface area contributed by atoms with Gasteiger partial charge in [-0.1, -0.05) is 18.7 Å². The fraction of sp³-hybridized carbons (Fsp3) is 0.708. The van der Waals surface area contributed by atoms with Crippen LogP contribution < -0.4 is 0 Å². The summed E-state index contributed by atoms with van der Waals surface area (Å²) in [5.41, 5.74) is -0.868. The molecule has 0 aromatic carbocycles. The molecule has 0 bridgehead atoms. The summed E-state index contributed by atoms with van der Waals surface area (Å²) < 4.78 is 11.5. The Morgan fingerprint density at radius 2 is 2.03 bits per heavy atom. The van der Waals surface area contributed by atoms with Gasteiger partial charge in [0.15, 0.2) is 5.60 Å². The average molecular weight is 480 g/mol. The Hall–Kier alpha value is -2.27. The monoisotopic (exact) mass is 479 g/mol. The van der Waals surface area contributed by atoms with Crippen LogP contribution in [-0.2, 0) is 23.9 Å². The maximum absolute atomic E-state index is 13.1. The summed E-state index contributed by atoms with van der Waals surface area (Å²) in [5, 5.41) is 39.7. The van der Waals surface area contributed by atoms with E-state index in [-0.39, 0.29) is 18.9 Å². The van der Waals surface area contributed by atoms with Crippen LogP contribution >= 0.6 is 0 Å². The summed E-state index contributed by atoms with van der Waals surface area (Å²) in [4.78, 5) is 39.2. The molecule has 9 atom stereocenters. The van der Waals surface area contributed by atoms with E-state index >= 15 is 0 Å². The molecular formula is C24H33NO9. The van der Waals surface area contributed by atoms with E-state index in [0.717, 1.165) is 12.5 Å². The van der Waals surface area contributed by atoms with Crippen molar-refractivity contribution >= 4 is 17.9 Å². The minimum atomic E-state index is -2.12. The Balaban J connectivity index is 1.69. The molecular weight excluding hydrogens is 446 g/mol. The third kappa shape index (κ3) is 4.17. The summed E-state index contributed by atoms with van der Waals surface area (Å²) in [7, 11) is 0. The van der Waals surface area contributed by atoms with Gasteiger partial charge in [-0.3, -0.25) is 14.5 Å². The highest BCUT2D eigenvalue weighted by Crippen LogP contribution is 2.53. The summed E-state index contributed by atoms with van der Waals surface area (Å²) in [6.07, 6.45) is -0.673. The smallest absolute Gasteiger partial charge is 0.340 e. The molecule has 0 unspecified atom stereocenters. The van der Waals surface area contributed by atoms with Crippen molar-refractivity contribution in [2.75, 3.05) is 19.7 Å². The highest BCUT2D eigenvalue weighted by atomic mass is 16.6. The number of esters is 2. The second-order valence-corrected chi connectivity index (χ2v) is 10.3. The first-order valence-corrected chi connectivity index (χ1v) is 11.7. The van der Waals surface area contributed by atoms with E-state index in [4.69, 9.17) is 9.47 Å². The first-order valence-electron chi connectivity index (χ1n) is 11.7. The normalized spacial score (nSPS) is 39.7. The molecule has 0 amide bonds. The van der Waals surface area contributed by atoms with Crippen LogP contribution in [0.3, 0.4) is 0 Å². The summed E-state index contributed by atoms with van der Waals surface area (Å²) in [6.45, 7) is 9.13. The lowest BCUT2D eigenvalue weighted by atomic mass is 9.78. The van der Waals surface area contributed by atoms with Crippen molar-refractivity contribution < 1.29 is 44.3 Å². The zero-order valence-corrected chi connectivity index (χ0v) is 19.3. The molecule has 34 heavy (non-hydrogen) atoms. The van der Waals surface area contributed by atoms with Gasteiger partial charge in [-0.2, -0.15) is 0 Å². The number of hydrogen-bond donors (Lipinski definition) is 4. The summed E-state index contributed by atoms with van der Waals surface area (Å²) >= 11 is 0. The molecule has 2 aliphatic carbocycles. The second kappa shape index (κ2) is 9.07. The quantitative estimate of drug-likeness (QED) is 0.299. The topological polar surface area (TPSA) is 154 Å². The molecule has 2 saturated carbocycles. The fourth-order valence-corrected chi connectivity index (χ4v) is 6.12. The second-order valence-electron chi connectivity index (χ2n) is 10.3. The number of nitrogens with zero attached hydrogens (tertiary/aromatic N) is 1. The van der Waals surface area contributed by atoms with Crippen molar-refractivity contribution in [1.29, 1.82) is 0 Å². The van der Waals surface area contributed by atoms with E-state index < -0.39 is 72.2 Å². The van der Waals surface area contributed by atoms with Crippen LogP contribution in [0.5, 0.6) is 0 Å². The van der Waals surface area contributed by atoms with Gasteiger partial charge in [0.05, 0.1) is 18.6 Å². The van der Waals surface area contributed by atoms with E-state index in [1.807, 2.05) is 0 Å². The van der Waals surface area contributed by atoms with Crippen molar-refractivity contribution in [3.05, 3.63) is 24.3 Å². The lowest BCUT2D eigenvalue weighted by Gasteiger charge is -2.33. The molecule has 0 aromatic rings. The highest BCUT2D eigenvalue weighted by Gasteiger charge is 2.60. The van der Waals surface area contributed by atoms with Gasteiger partial charge in [0.25, 0.3) is 0 Å². The number of hydrogen-bond acceptors (Lipinski definition) is 9. The molecule has 0 spiro atoms. The number of carboxylic acid groups (broad SMARTS) is 1.